The van der Waals surface area contributed by atoms with Gasteiger partial charge in [-0.05, 0) is 6.07 Å². The molecule has 1 aromatic heterocycles. The first-order valence-electron chi connectivity index (χ1n) is 5.25. The molecule has 1 aliphatic heterocycles. The minimum absolute atomic E-state index is 1.03. The molecule has 78 valence electrons. The van der Waals surface area contributed by atoms with Gasteiger partial charge in [0.2, 0.25) is 0 Å². The van der Waals surface area contributed by atoms with E-state index in [4.69, 9.17) is 0 Å². The fourth-order valence-corrected chi connectivity index (χ4v) is 1.73. The lowest BCUT2D eigenvalue weighted by molar-refractivity contribution is 0.249. The molecule has 4 nitrogen and oxygen atoms in total. The molecule has 14 heavy (non-hydrogen) atoms. The highest BCUT2D eigenvalue weighted by Crippen LogP contribution is 2.02. The predicted octanol–water partition coefficient (Wildman–Crippen LogP) is 0.332. The molecule has 1 saturated heterocycles. The van der Waals surface area contributed by atoms with Crippen molar-refractivity contribution in [2.45, 2.75) is 0 Å². The Morgan fingerprint density at radius 1 is 1.36 bits per heavy atom. The second-order valence-corrected chi connectivity index (χ2v) is 3.62. The molecule has 0 aromatic carbocycles. The van der Waals surface area contributed by atoms with Crippen LogP contribution < -0.4 is 10.6 Å². The van der Waals surface area contributed by atoms with Crippen LogP contribution in [0.25, 0.3) is 0 Å². The molecule has 4 heteroatoms. The number of aromatic amines is 1. The average molecular weight is 194 g/mol. The molecule has 1 fully saturated rings. The van der Waals surface area contributed by atoms with E-state index >= 15 is 0 Å². The lowest BCUT2D eigenvalue weighted by Gasteiger charge is -2.27. The Hall–Kier alpha value is -1.00. The molecule has 0 saturated carbocycles. The highest BCUT2D eigenvalue weighted by atomic mass is 15.2. The molecule has 0 unspecified atom stereocenters. The second kappa shape index (κ2) is 5.02. The van der Waals surface area contributed by atoms with Crippen LogP contribution in [0.2, 0.25) is 0 Å². The number of rotatable bonds is 4. The molecular weight excluding hydrogens is 176 g/mol. The number of piperazine rings is 1. The summed E-state index contributed by atoms with van der Waals surface area (Å²) in [4.78, 5) is 5.51. The third kappa shape index (κ3) is 2.75. The molecule has 2 heterocycles. The van der Waals surface area contributed by atoms with E-state index in [0.717, 1.165) is 26.2 Å². The second-order valence-electron chi connectivity index (χ2n) is 3.62. The van der Waals surface area contributed by atoms with Gasteiger partial charge in [0.15, 0.2) is 0 Å². The molecule has 0 spiro atoms. The zero-order chi connectivity index (χ0) is 9.64. The summed E-state index contributed by atoms with van der Waals surface area (Å²) in [5.74, 6) is 0. The number of hydrogen-bond acceptors (Lipinski definition) is 3. The van der Waals surface area contributed by atoms with E-state index in [1.807, 2.05) is 12.4 Å². The van der Waals surface area contributed by atoms with E-state index in [9.17, 15) is 0 Å². The lowest BCUT2D eigenvalue weighted by atomic mass is 10.3. The van der Waals surface area contributed by atoms with Gasteiger partial charge in [-0.25, -0.2) is 0 Å². The van der Waals surface area contributed by atoms with Crippen LogP contribution in [0, 0.1) is 0 Å². The summed E-state index contributed by atoms with van der Waals surface area (Å²) >= 11 is 0. The topological polar surface area (TPSA) is 43.1 Å². The standard InChI is InChI=1S/C10H18N4/c1-2-12-9-10(1)13-5-8-14-6-3-11-4-7-14/h1-2,9,11-13H,3-8H2. The maximum absolute atomic E-state index is 3.38. The number of hydrogen-bond donors (Lipinski definition) is 3. The average Bonchev–Trinajstić information content (AvgIpc) is 2.72. The van der Waals surface area contributed by atoms with Gasteiger partial charge in [0.05, 0.1) is 5.69 Å². The fraction of sp³-hybridized carbons (Fsp3) is 0.600. The van der Waals surface area contributed by atoms with Gasteiger partial charge in [0, 0.05) is 51.7 Å². The summed E-state index contributed by atoms with van der Waals surface area (Å²) in [6, 6.07) is 2.05. The van der Waals surface area contributed by atoms with E-state index in [1.165, 1.54) is 18.8 Å². The number of H-pyrrole nitrogens is 1. The first-order valence-corrected chi connectivity index (χ1v) is 5.25. The fourth-order valence-electron chi connectivity index (χ4n) is 1.73. The molecular formula is C10H18N4. The third-order valence-corrected chi connectivity index (χ3v) is 2.56. The van der Waals surface area contributed by atoms with Crippen molar-refractivity contribution in [1.29, 1.82) is 0 Å². The Kier molecular flexibility index (Phi) is 3.43. The molecule has 1 aliphatic rings. The van der Waals surface area contributed by atoms with E-state index in [1.54, 1.807) is 0 Å². The van der Waals surface area contributed by atoms with E-state index < -0.39 is 0 Å². The first kappa shape index (κ1) is 9.55. The van der Waals surface area contributed by atoms with Crippen molar-refractivity contribution < 1.29 is 0 Å². The highest BCUT2D eigenvalue weighted by molar-refractivity contribution is 5.40. The molecule has 0 atom stereocenters. The largest absolute Gasteiger partial charge is 0.383 e. The summed E-state index contributed by atoms with van der Waals surface area (Å²) in [6.45, 7) is 6.77. The number of nitrogens with zero attached hydrogens (tertiary/aromatic N) is 1. The van der Waals surface area contributed by atoms with Gasteiger partial charge < -0.3 is 15.6 Å². The van der Waals surface area contributed by atoms with Crippen LogP contribution in [-0.4, -0.2) is 49.2 Å². The first-order chi connectivity index (χ1) is 6.95. The maximum atomic E-state index is 3.38. The van der Waals surface area contributed by atoms with Crippen molar-refractivity contribution >= 4 is 5.69 Å². The highest BCUT2D eigenvalue weighted by Gasteiger charge is 2.07. The maximum Gasteiger partial charge on any atom is 0.0518 e. The predicted molar refractivity (Wildman–Crippen MR) is 58.6 cm³/mol. The monoisotopic (exact) mass is 194 g/mol. The third-order valence-electron chi connectivity index (χ3n) is 2.56. The van der Waals surface area contributed by atoms with Crippen molar-refractivity contribution in [1.82, 2.24) is 15.2 Å². The van der Waals surface area contributed by atoms with Gasteiger partial charge in [0.25, 0.3) is 0 Å². The van der Waals surface area contributed by atoms with Crippen LogP contribution in [0.3, 0.4) is 0 Å². The number of anilines is 1. The molecule has 2 rings (SSSR count). The van der Waals surface area contributed by atoms with Gasteiger partial charge >= 0.3 is 0 Å². The van der Waals surface area contributed by atoms with Gasteiger partial charge in [0.1, 0.15) is 0 Å². The van der Waals surface area contributed by atoms with Crippen LogP contribution in [0.4, 0.5) is 5.69 Å². The summed E-state index contributed by atoms with van der Waals surface area (Å²) < 4.78 is 0. The minimum Gasteiger partial charge on any atom is -0.383 e. The zero-order valence-corrected chi connectivity index (χ0v) is 8.42. The van der Waals surface area contributed by atoms with Crippen molar-refractivity contribution in [3.8, 4) is 0 Å². The van der Waals surface area contributed by atoms with Crippen LogP contribution >= 0.6 is 0 Å². The summed E-state index contributed by atoms with van der Waals surface area (Å²) in [7, 11) is 0. The van der Waals surface area contributed by atoms with Gasteiger partial charge in [-0.15, -0.1) is 0 Å². The van der Waals surface area contributed by atoms with Gasteiger partial charge in [-0.3, -0.25) is 4.90 Å². The van der Waals surface area contributed by atoms with Crippen molar-refractivity contribution in [3.63, 3.8) is 0 Å². The van der Waals surface area contributed by atoms with Crippen molar-refractivity contribution in [3.05, 3.63) is 18.5 Å². The smallest absolute Gasteiger partial charge is 0.0518 e. The zero-order valence-electron chi connectivity index (χ0n) is 8.42. The van der Waals surface area contributed by atoms with Crippen molar-refractivity contribution in [2.75, 3.05) is 44.6 Å². The van der Waals surface area contributed by atoms with Gasteiger partial charge in [-0.2, -0.15) is 0 Å². The Morgan fingerprint density at radius 2 is 2.21 bits per heavy atom. The van der Waals surface area contributed by atoms with Crippen LogP contribution in [-0.2, 0) is 0 Å². The van der Waals surface area contributed by atoms with Crippen LogP contribution in [0.15, 0.2) is 18.5 Å². The Bertz CT molecular complexity index is 239. The summed E-state index contributed by atoms with van der Waals surface area (Å²) in [5.41, 5.74) is 1.18. The lowest BCUT2D eigenvalue weighted by Crippen LogP contribution is -2.45. The Balaban J connectivity index is 1.62. The van der Waals surface area contributed by atoms with Crippen LogP contribution in [0.5, 0.6) is 0 Å². The normalized spacial score (nSPS) is 18.3. The van der Waals surface area contributed by atoms with E-state index in [2.05, 4.69) is 26.6 Å². The molecule has 0 radical (unpaired) electrons. The molecule has 1 aromatic rings. The quantitative estimate of drug-likeness (QED) is 0.647. The number of nitrogens with one attached hydrogen (secondary N) is 3. The molecule has 0 bridgehead atoms. The van der Waals surface area contributed by atoms with E-state index in [0.29, 0.717) is 0 Å². The Morgan fingerprint density at radius 3 is 2.93 bits per heavy atom. The molecule has 0 aliphatic carbocycles. The SMILES string of the molecule is c1cc(NCCN2CCNCC2)c[nH]1. The van der Waals surface area contributed by atoms with Crippen LogP contribution in [0.1, 0.15) is 0 Å². The minimum atomic E-state index is 1.03. The summed E-state index contributed by atoms with van der Waals surface area (Å²) in [5, 5.41) is 6.73. The van der Waals surface area contributed by atoms with Crippen molar-refractivity contribution in [2.24, 2.45) is 0 Å². The van der Waals surface area contributed by atoms with Gasteiger partial charge in [-0.1, -0.05) is 0 Å². The molecule has 0 amide bonds. The van der Waals surface area contributed by atoms with E-state index in [-0.39, 0.29) is 0 Å². The summed E-state index contributed by atoms with van der Waals surface area (Å²) in [6.07, 6.45) is 3.92. The Labute approximate surface area is 84.7 Å². The molecule has 3 N–H and O–H groups in total. The number of aromatic nitrogens is 1.